The van der Waals surface area contributed by atoms with E-state index in [9.17, 15) is 17.2 Å². The van der Waals surface area contributed by atoms with Crippen molar-refractivity contribution in [1.29, 1.82) is 0 Å². The van der Waals surface area contributed by atoms with Crippen molar-refractivity contribution in [2.24, 2.45) is 0 Å². The van der Waals surface area contributed by atoms with E-state index in [1.807, 2.05) is 0 Å². The summed E-state index contributed by atoms with van der Waals surface area (Å²) in [5.41, 5.74) is 0. The first-order valence-corrected chi connectivity index (χ1v) is 8.12. The van der Waals surface area contributed by atoms with Crippen LogP contribution in [0.3, 0.4) is 0 Å². The fourth-order valence-electron chi connectivity index (χ4n) is 2.95. The second kappa shape index (κ2) is 5.05. The molecule has 0 saturated carbocycles. The number of sulfonamides is 1. The number of nitrogens with one attached hydrogen (secondary N) is 1. The maximum Gasteiger partial charge on any atom is 0.246 e. The van der Waals surface area contributed by atoms with Gasteiger partial charge in [0.2, 0.25) is 10.0 Å². The van der Waals surface area contributed by atoms with E-state index in [4.69, 9.17) is 0 Å². The van der Waals surface area contributed by atoms with Gasteiger partial charge in [0.1, 0.15) is 4.90 Å². The van der Waals surface area contributed by atoms with Crippen molar-refractivity contribution in [3.63, 3.8) is 0 Å². The van der Waals surface area contributed by atoms with Crippen LogP contribution in [0.1, 0.15) is 19.3 Å². The van der Waals surface area contributed by atoms with E-state index in [-0.39, 0.29) is 6.04 Å². The minimum Gasteiger partial charge on any atom is -0.310 e. The minimum absolute atomic E-state index is 0.105. The number of nitrogens with zero attached hydrogens (tertiary/aromatic N) is 1. The first kappa shape index (κ1) is 13.9. The molecule has 1 aromatic carbocycles. The van der Waals surface area contributed by atoms with Crippen LogP contribution in [0.5, 0.6) is 0 Å². The van der Waals surface area contributed by atoms with Gasteiger partial charge in [-0.15, -0.1) is 0 Å². The average Bonchev–Trinajstić information content (AvgIpc) is 2.71. The van der Waals surface area contributed by atoms with E-state index in [0.717, 1.165) is 25.0 Å². The van der Waals surface area contributed by atoms with Crippen molar-refractivity contribution in [1.82, 2.24) is 9.62 Å². The molecule has 0 spiro atoms. The van der Waals surface area contributed by atoms with Gasteiger partial charge in [0, 0.05) is 25.2 Å². The zero-order valence-electron chi connectivity index (χ0n) is 10.9. The highest BCUT2D eigenvalue weighted by Crippen LogP contribution is 2.26. The molecule has 2 saturated heterocycles. The summed E-state index contributed by atoms with van der Waals surface area (Å²) in [6, 6.07) is 3.68. The molecular weight excluding hydrogens is 286 g/mol. The van der Waals surface area contributed by atoms with Gasteiger partial charge in [0.25, 0.3) is 0 Å². The van der Waals surface area contributed by atoms with E-state index >= 15 is 0 Å². The molecule has 0 radical (unpaired) electrons. The minimum atomic E-state index is -3.98. The number of fused-ring (bicyclic) bond motifs is 2. The van der Waals surface area contributed by atoms with Gasteiger partial charge < -0.3 is 5.32 Å². The van der Waals surface area contributed by atoms with Crippen LogP contribution in [0.15, 0.2) is 23.1 Å². The third-order valence-corrected chi connectivity index (χ3v) is 5.90. The Morgan fingerprint density at radius 1 is 1.15 bits per heavy atom. The summed E-state index contributed by atoms with van der Waals surface area (Å²) in [7, 11) is -3.98. The van der Waals surface area contributed by atoms with Crippen molar-refractivity contribution in [3.8, 4) is 0 Å². The van der Waals surface area contributed by atoms with Gasteiger partial charge in [-0.1, -0.05) is 6.07 Å². The first-order valence-electron chi connectivity index (χ1n) is 6.68. The second-order valence-corrected chi connectivity index (χ2v) is 7.25. The summed E-state index contributed by atoms with van der Waals surface area (Å²) in [4.78, 5) is -0.574. The van der Waals surface area contributed by atoms with Crippen LogP contribution in [0.25, 0.3) is 0 Å². The number of rotatable bonds is 2. The molecule has 0 aromatic heterocycles. The molecule has 2 heterocycles. The van der Waals surface area contributed by atoms with Crippen LogP contribution in [-0.4, -0.2) is 37.9 Å². The van der Waals surface area contributed by atoms with Gasteiger partial charge in [0.05, 0.1) is 0 Å². The standard InChI is InChI=1S/C13H16F2N2O2S/c14-11-2-1-3-12(13(11)15)20(18,19)17-7-6-9-4-5-10(8-17)16-9/h1-3,9-10,16H,4-8H2. The Bertz CT molecular complexity index is 621. The highest BCUT2D eigenvalue weighted by atomic mass is 32.2. The topological polar surface area (TPSA) is 49.4 Å². The summed E-state index contributed by atoms with van der Waals surface area (Å²) in [5, 5.41) is 3.36. The van der Waals surface area contributed by atoms with Gasteiger partial charge in [0.15, 0.2) is 11.6 Å². The first-order chi connectivity index (χ1) is 9.48. The van der Waals surface area contributed by atoms with Crippen LogP contribution in [0.2, 0.25) is 0 Å². The number of hydrogen-bond donors (Lipinski definition) is 1. The summed E-state index contributed by atoms with van der Waals surface area (Å²) in [5.74, 6) is -2.43. The lowest BCUT2D eigenvalue weighted by molar-refractivity contribution is 0.379. The lowest BCUT2D eigenvalue weighted by Gasteiger charge is -2.23. The average molecular weight is 302 g/mol. The smallest absolute Gasteiger partial charge is 0.246 e. The second-order valence-electron chi connectivity index (χ2n) is 5.34. The van der Waals surface area contributed by atoms with Gasteiger partial charge in [-0.3, -0.25) is 0 Å². The Morgan fingerprint density at radius 3 is 2.70 bits per heavy atom. The van der Waals surface area contributed by atoms with Crippen molar-refractivity contribution >= 4 is 10.0 Å². The van der Waals surface area contributed by atoms with Crippen molar-refractivity contribution in [3.05, 3.63) is 29.8 Å². The number of benzene rings is 1. The molecular formula is C13H16F2N2O2S. The fraction of sp³-hybridized carbons (Fsp3) is 0.538. The lowest BCUT2D eigenvalue weighted by atomic mass is 10.1. The van der Waals surface area contributed by atoms with Crippen molar-refractivity contribution in [2.75, 3.05) is 13.1 Å². The van der Waals surface area contributed by atoms with Crippen LogP contribution in [-0.2, 0) is 10.0 Å². The van der Waals surface area contributed by atoms with Crippen LogP contribution in [0, 0.1) is 11.6 Å². The molecule has 1 N–H and O–H groups in total. The van der Waals surface area contributed by atoms with Crippen molar-refractivity contribution < 1.29 is 17.2 Å². The molecule has 2 aliphatic rings. The van der Waals surface area contributed by atoms with Gasteiger partial charge in [-0.05, 0) is 31.4 Å². The van der Waals surface area contributed by atoms with E-state index in [0.29, 0.717) is 25.6 Å². The van der Waals surface area contributed by atoms with Gasteiger partial charge in [-0.25, -0.2) is 17.2 Å². The Balaban J connectivity index is 1.93. The van der Waals surface area contributed by atoms with E-state index in [2.05, 4.69) is 5.32 Å². The zero-order chi connectivity index (χ0) is 14.3. The molecule has 4 nitrogen and oxygen atoms in total. The zero-order valence-corrected chi connectivity index (χ0v) is 11.7. The van der Waals surface area contributed by atoms with Gasteiger partial charge >= 0.3 is 0 Å². The Labute approximate surface area is 116 Å². The third-order valence-electron chi connectivity index (χ3n) is 4.02. The quantitative estimate of drug-likeness (QED) is 0.900. The normalized spacial score (nSPS) is 27.5. The van der Waals surface area contributed by atoms with Crippen molar-refractivity contribution in [2.45, 2.75) is 36.2 Å². The van der Waals surface area contributed by atoms with Crippen LogP contribution in [0.4, 0.5) is 8.78 Å². The summed E-state index contributed by atoms with van der Waals surface area (Å²) < 4.78 is 53.2. The maximum atomic E-state index is 13.7. The highest BCUT2D eigenvalue weighted by Gasteiger charge is 2.36. The SMILES string of the molecule is O=S(=O)(c1cccc(F)c1F)N1CCC2CCC(C1)N2. The fourth-order valence-corrected chi connectivity index (χ4v) is 4.53. The largest absolute Gasteiger partial charge is 0.310 e. The van der Waals surface area contributed by atoms with Gasteiger partial charge in [-0.2, -0.15) is 4.31 Å². The predicted octanol–water partition coefficient (Wildman–Crippen LogP) is 1.48. The lowest BCUT2D eigenvalue weighted by Crippen LogP contribution is -2.39. The van der Waals surface area contributed by atoms with E-state index < -0.39 is 26.6 Å². The molecule has 20 heavy (non-hydrogen) atoms. The molecule has 1 aromatic rings. The summed E-state index contributed by atoms with van der Waals surface area (Å²) >= 11 is 0. The van der Waals surface area contributed by atoms with E-state index in [1.165, 1.54) is 10.4 Å². The maximum absolute atomic E-state index is 13.7. The van der Waals surface area contributed by atoms with E-state index in [1.54, 1.807) is 0 Å². The monoisotopic (exact) mass is 302 g/mol. The Hall–Kier alpha value is -1.05. The molecule has 2 unspecified atom stereocenters. The molecule has 2 fully saturated rings. The van der Waals surface area contributed by atoms with Crippen LogP contribution < -0.4 is 5.32 Å². The Kier molecular flexibility index (Phi) is 3.51. The highest BCUT2D eigenvalue weighted by molar-refractivity contribution is 7.89. The molecule has 2 bridgehead atoms. The third kappa shape index (κ3) is 2.34. The number of hydrogen-bond acceptors (Lipinski definition) is 3. The molecule has 110 valence electrons. The molecule has 7 heteroatoms. The molecule has 2 atom stereocenters. The molecule has 0 aliphatic carbocycles. The Morgan fingerprint density at radius 2 is 1.90 bits per heavy atom. The predicted molar refractivity (Wildman–Crippen MR) is 69.7 cm³/mol. The number of halogens is 2. The molecule has 0 amide bonds. The van der Waals surface area contributed by atoms with Crippen LogP contribution >= 0.6 is 0 Å². The summed E-state index contributed by atoms with van der Waals surface area (Å²) in [6.45, 7) is 0.654. The molecule has 2 aliphatic heterocycles. The summed E-state index contributed by atoms with van der Waals surface area (Å²) in [6.07, 6.45) is 2.67. The molecule has 3 rings (SSSR count).